The Morgan fingerprint density at radius 1 is 1.29 bits per heavy atom. The number of hydrogen-bond acceptors (Lipinski definition) is 5. The van der Waals surface area contributed by atoms with Crippen LogP contribution in [0.5, 0.6) is 0 Å². The number of fused-ring (bicyclic) bond motifs is 1. The van der Waals surface area contributed by atoms with Gasteiger partial charge in [0, 0.05) is 13.1 Å². The maximum Gasteiger partial charge on any atom is 0.393 e. The maximum atomic E-state index is 14.0. The van der Waals surface area contributed by atoms with E-state index in [0.29, 0.717) is 27.2 Å². The molecule has 1 aliphatic rings. The first-order chi connectivity index (χ1) is 13.0. The van der Waals surface area contributed by atoms with Crippen LogP contribution in [0, 0.1) is 0 Å². The zero-order chi connectivity index (χ0) is 20.5. The van der Waals surface area contributed by atoms with Gasteiger partial charge in [-0.15, -0.1) is 11.3 Å². The number of hydrogen-bond donors (Lipinski definition) is 2. The van der Waals surface area contributed by atoms with Crippen molar-refractivity contribution in [1.82, 2.24) is 5.32 Å². The lowest BCUT2D eigenvalue weighted by Gasteiger charge is -2.16. The van der Waals surface area contributed by atoms with Crippen molar-refractivity contribution >= 4 is 33.3 Å². The fourth-order valence-electron chi connectivity index (χ4n) is 3.01. The van der Waals surface area contributed by atoms with Crippen molar-refractivity contribution < 1.29 is 22.4 Å². The Hall–Kier alpha value is -1.87. The maximum absolute atomic E-state index is 14.0. The summed E-state index contributed by atoms with van der Waals surface area (Å²) in [5, 5.41) is 10.5. The van der Waals surface area contributed by atoms with Crippen LogP contribution in [0.2, 0.25) is 0 Å². The fraction of sp³-hybridized carbons (Fsp3) is 0.526. The molecule has 0 spiro atoms. The first kappa shape index (κ1) is 20.9. The van der Waals surface area contributed by atoms with Crippen LogP contribution in [0.4, 0.5) is 23.2 Å². The molecule has 1 aliphatic heterocycles. The second-order valence-electron chi connectivity index (χ2n) is 7.78. The van der Waals surface area contributed by atoms with Gasteiger partial charge in [-0.2, -0.15) is 13.2 Å². The van der Waals surface area contributed by atoms with Crippen molar-refractivity contribution in [2.24, 2.45) is 5.16 Å². The minimum absolute atomic E-state index is 0.152. The molecule has 2 atom stereocenters. The molecule has 0 bridgehead atoms. The third-order valence-electron chi connectivity index (χ3n) is 4.20. The van der Waals surface area contributed by atoms with E-state index < -0.39 is 30.4 Å². The van der Waals surface area contributed by atoms with Crippen molar-refractivity contribution in [2.45, 2.75) is 51.2 Å². The van der Waals surface area contributed by atoms with E-state index in [1.807, 2.05) is 0 Å². The SMILES string of the molecule is CC(C)(C)O/N=C/c1sc2c(N[C@@H]3CNC[C@@H]3F)cccc2c1CC(F)(F)F. The van der Waals surface area contributed by atoms with E-state index in [4.69, 9.17) is 4.84 Å². The molecule has 28 heavy (non-hydrogen) atoms. The molecule has 9 heteroatoms. The summed E-state index contributed by atoms with van der Waals surface area (Å²) in [7, 11) is 0. The Kier molecular flexibility index (Phi) is 5.86. The minimum atomic E-state index is -4.36. The van der Waals surface area contributed by atoms with Crippen molar-refractivity contribution in [1.29, 1.82) is 0 Å². The second kappa shape index (κ2) is 7.87. The van der Waals surface area contributed by atoms with Crippen LogP contribution in [0.25, 0.3) is 10.1 Å². The molecule has 1 saturated heterocycles. The highest BCUT2D eigenvalue weighted by Gasteiger charge is 2.32. The highest BCUT2D eigenvalue weighted by molar-refractivity contribution is 7.21. The average Bonchev–Trinajstić information content (AvgIpc) is 3.10. The molecule has 0 aliphatic carbocycles. The Morgan fingerprint density at radius 2 is 2.04 bits per heavy atom. The van der Waals surface area contributed by atoms with Gasteiger partial charge in [0.2, 0.25) is 0 Å². The zero-order valence-corrected chi connectivity index (χ0v) is 16.7. The van der Waals surface area contributed by atoms with Gasteiger partial charge in [-0.3, -0.25) is 0 Å². The summed E-state index contributed by atoms with van der Waals surface area (Å²) in [6, 6.07) is 4.67. The first-order valence-corrected chi connectivity index (χ1v) is 9.79. The number of benzene rings is 1. The number of nitrogens with zero attached hydrogens (tertiary/aromatic N) is 1. The van der Waals surface area contributed by atoms with Gasteiger partial charge in [0.15, 0.2) is 0 Å². The van der Waals surface area contributed by atoms with Crippen LogP contribution < -0.4 is 10.6 Å². The number of halogens is 4. The van der Waals surface area contributed by atoms with Crippen molar-refractivity contribution in [3.8, 4) is 0 Å². The second-order valence-corrected chi connectivity index (χ2v) is 8.83. The molecule has 0 unspecified atom stereocenters. The lowest BCUT2D eigenvalue weighted by atomic mass is 10.1. The molecule has 2 N–H and O–H groups in total. The number of thiophene rings is 1. The van der Waals surface area contributed by atoms with Gasteiger partial charge in [0.25, 0.3) is 0 Å². The molecule has 0 radical (unpaired) electrons. The highest BCUT2D eigenvalue weighted by atomic mass is 32.1. The van der Waals surface area contributed by atoms with Gasteiger partial charge in [-0.05, 0) is 37.8 Å². The van der Waals surface area contributed by atoms with Gasteiger partial charge in [0.05, 0.1) is 33.9 Å². The molecule has 1 fully saturated rings. The Labute approximate surface area is 164 Å². The van der Waals surface area contributed by atoms with Gasteiger partial charge < -0.3 is 15.5 Å². The normalized spacial score (nSPS) is 21.0. The number of oxime groups is 1. The van der Waals surface area contributed by atoms with Gasteiger partial charge in [-0.25, -0.2) is 4.39 Å². The summed E-state index contributed by atoms with van der Waals surface area (Å²) >= 11 is 1.19. The van der Waals surface area contributed by atoms with Gasteiger partial charge in [0.1, 0.15) is 11.8 Å². The van der Waals surface area contributed by atoms with Crippen LogP contribution >= 0.6 is 11.3 Å². The summed E-state index contributed by atoms with van der Waals surface area (Å²) in [6.07, 6.45) is -5.14. The summed E-state index contributed by atoms with van der Waals surface area (Å²) in [6.45, 7) is 6.14. The van der Waals surface area contributed by atoms with E-state index in [1.165, 1.54) is 17.6 Å². The third kappa shape index (κ3) is 5.14. The highest BCUT2D eigenvalue weighted by Crippen LogP contribution is 2.39. The molecule has 0 saturated carbocycles. The van der Waals surface area contributed by atoms with Crippen molar-refractivity contribution in [2.75, 3.05) is 18.4 Å². The molecule has 2 aromatic rings. The van der Waals surface area contributed by atoms with Crippen molar-refractivity contribution in [3.63, 3.8) is 0 Å². The molecule has 1 aromatic heterocycles. The summed E-state index contributed by atoms with van der Waals surface area (Å²) in [4.78, 5) is 5.67. The van der Waals surface area contributed by atoms with Gasteiger partial charge in [-0.1, -0.05) is 17.3 Å². The Balaban J connectivity index is 2.00. The molecule has 154 valence electrons. The molecular weight excluding hydrogens is 394 g/mol. The zero-order valence-electron chi connectivity index (χ0n) is 15.9. The molecule has 1 aromatic carbocycles. The summed E-state index contributed by atoms with van der Waals surface area (Å²) in [5.41, 5.74) is 0.229. The van der Waals surface area contributed by atoms with E-state index >= 15 is 0 Å². The molecule has 3 rings (SSSR count). The van der Waals surface area contributed by atoms with Crippen LogP contribution in [0.15, 0.2) is 23.4 Å². The van der Waals surface area contributed by atoms with Crippen LogP contribution in [-0.2, 0) is 11.3 Å². The largest absolute Gasteiger partial charge is 0.393 e. The molecular formula is C19H23F4N3OS. The quantitative estimate of drug-likeness (QED) is 0.414. The van der Waals surface area contributed by atoms with Crippen LogP contribution in [0.1, 0.15) is 31.2 Å². The lowest BCUT2D eigenvalue weighted by Crippen LogP contribution is -2.29. The smallest absolute Gasteiger partial charge is 0.390 e. The van der Waals surface area contributed by atoms with E-state index in [1.54, 1.807) is 39.0 Å². The predicted molar refractivity (Wildman–Crippen MR) is 105 cm³/mol. The van der Waals surface area contributed by atoms with Crippen LogP contribution in [-0.4, -0.2) is 43.3 Å². The molecule has 0 amide bonds. The lowest BCUT2D eigenvalue weighted by molar-refractivity contribution is -0.126. The number of nitrogens with one attached hydrogen (secondary N) is 2. The topological polar surface area (TPSA) is 45.6 Å². The van der Waals surface area contributed by atoms with E-state index in [2.05, 4.69) is 15.8 Å². The monoisotopic (exact) mass is 417 g/mol. The van der Waals surface area contributed by atoms with Gasteiger partial charge >= 0.3 is 6.18 Å². The Bertz CT molecular complexity index is 857. The fourth-order valence-corrected chi connectivity index (χ4v) is 4.17. The van der Waals surface area contributed by atoms with E-state index in [-0.39, 0.29) is 12.1 Å². The average molecular weight is 417 g/mol. The standard InChI is InChI=1S/C19H23F4N3OS/c1-18(2,3)27-25-10-16-12(7-19(21,22)23)11-5-4-6-14(17(11)28-16)26-15-9-24-8-13(15)20/h4-6,10,13,15,24,26H,7-9H2,1-3H3/b25-10+/t13-,15+/m0/s1. The van der Waals surface area contributed by atoms with Crippen molar-refractivity contribution in [3.05, 3.63) is 28.6 Å². The minimum Gasteiger partial charge on any atom is -0.390 e. The third-order valence-corrected chi connectivity index (χ3v) is 5.42. The summed E-state index contributed by atoms with van der Waals surface area (Å²) in [5.74, 6) is 0. The number of rotatable bonds is 5. The van der Waals surface area contributed by atoms with E-state index in [0.717, 1.165) is 0 Å². The first-order valence-electron chi connectivity index (χ1n) is 8.97. The van der Waals surface area contributed by atoms with Crippen LogP contribution in [0.3, 0.4) is 0 Å². The predicted octanol–water partition coefficient (Wildman–Crippen LogP) is 4.88. The number of anilines is 1. The molecule has 4 nitrogen and oxygen atoms in total. The molecule has 2 heterocycles. The summed E-state index contributed by atoms with van der Waals surface area (Å²) < 4.78 is 54.1. The number of alkyl halides is 4. The van der Waals surface area contributed by atoms with E-state index in [9.17, 15) is 17.6 Å². The Morgan fingerprint density at radius 3 is 2.64 bits per heavy atom.